The van der Waals surface area contributed by atoms with Crippen molar-refractivity contribution < 1.29 is 63.1 Å². The molecule has 1 saturated carbocycles. The molecule has 6 atom stereocenters. The second kappa shape index (κ2) is 45.7. The maximum Gasteiger partial charge on any atom is 0.472 e. The molecule has 0 spiro atoms. The van der Waals surface area contributed by atoms with Gasteiger partial charge in [0.05, 0.1) is 6.61 Å². The zero-order valence-electron chi connectivity index (χ0n) is 44.1. The summed E-state index contributed by atoms with van der Waals surface area (Å²) >= 11 is 0. The fourth-order valence-corrected chi connectivity index (χ4v) is 9.64. The third kappa shape index (κ3) is 36.9. The molecule has 0 heterocycles. The van der Waals surface area contributed by atoms with Crippen LogP contribution in [0.15, 0.2) is 36.5 Å². The van der Waals surface area contributed by atoms with Gasteiger partial charge < -0.3 is 39.9 Å². The molecule has 0 amide bonds. The first kappa shape index (κ1) is 66.1. The molecule has 14 heteroatoms. The van der Waals surface area contributed by atoms with Gasteiger partial charge in [-0.3, -0.25) is 18.6 Å². The number of hydrogen-bond acceptors (Lipinski definition) is 12. The number of phosphoric ester groups is 1. The molecule has 0 bridgehead atoms. The molecule has 1 aliphatic carbocycles. The summed E-state index contributed by atoms with van der Waals surface area (Å²) in [5.41, 5.74) is 0. The number of aliphatic hydroxyl groups is 5. The molecule has 0 aromatic carbocycles. The number of aliphatic hydroxyl groups excluding tert-OH is 5. The summed E-state index contributed by atoms with van der Waals surface area (Å²) in [7, 11) is -5.13. The molecular weight excluding hydrogens is 912 g/mol. The molecular formula is C56H103O13P. The van der Waals surface area contributed by atoms with Crippen molar-refractivity contribution in [3.8, 4) is 0 Å². The second-order valence-corrected chi connectivity index (χ2v) is 21.2. The van der Waals surface area contributed by atoms with Crippen LogP contribution in [-0.4, -0.2) is 98.3 Å². The zero-order chi connectivity index (χ0) is 51.3. The summed E-state index contributed by atoms with van der Waals surface area (Å²) in [6.45, 7) is 3.32. The summed E-state index contributed by atoms with van der Waals surface area (Å²) < 4.78 is 33.7. The number of rotatable bonds is 48. The fourth-order valence-electron chi connectivity index (χ4n) is 8.67. The monoisotopic (exact) mass is 1010 g/mol. The average molecular weight is 1020 g/mol. The molecule has 0 aromatic rings. The highest BCUT2D eigenvalue weighted by molar-refractivity contribution is 7.47. The molecule has 0 aromatic heterocycles. The van der Waals surface area contributed by atoms with Crippen molar-refractivity contribution >= 4 is 19.8 Å². The van der Waals surface area contributed by atoms with Gasteiger partial charge in [0.25, 0.3) is 0 Å². The second-order valence-electron chi connectivity index (χ2n) is 19.8. The first-order chi connectivity index (χ1) is 33.9. The molecule has 410 valence electrons. The van der Waals surface area contributed by atoms with Gasteiger partial charge in [-0.2, -0.15) is 0 Å². The molecule has 0 radical (unpaired) electrons. The van der Waals surface area contributed by atoms with Crippen LogP contribution in [0.5, 0.6) is 0 Å². The molecule has 6 unspecified atom stereocenters. The van der Waals surface area contributed by atoms with Gasteiger partial charge in [0, 0.05) is 12.8 Å². The van der Waals surface area contributed by atoms with Crippen LogP contribution in [0.2, 0.25) is 0 Å². The van der Waals surface area contributed by atoms with E-state index in [0.29, 0.717) is 12.8 Å². The fraction of sp³-hybridized carbons (Fsp3) is 0.857. The van der Waals surface area contributed by atoms with Gasteiger partial charge in [0.2, 0.25) is 0 Å². The van der Waals surface area contributed by atoms with Gasteiger partial charge in [0.1, 0.15) is 43.2 Å². The minimum atomic E-state index is -5.13. The third-order valence-corrected chi connectivity index (χ3v) is 14.2. The lowest BCUT2D eigenvalue weighted by molar-refractivity contribution is -0.220. The van der Waals surface area contributed by atoms with Gasteiger partial charge >= 0.3 is 19.8 Å². The number of carbonyl (C=O) groups is 2. The van der Waals surface area contributed by atoms with Crippen LogP contribution < -0.4 is 0 Å². The van der Waals surface area contributed by atoms with Gasteiger partial charge in [-0.1, -0.05) is 204 Å². The summed E-state index contributed by atoms with van der Waals surface area (Å²) in [5.74, 6) is -1.10. The number of esters is 2. The normalized spacial score (nSPS) is 21.0. The number of unbranched alkanes of at least 4 members (excludes halogenated alkanes) is 30. The van der Waals surface area contributed by atoms with E-state index in [4.69, 9.17) is 18.5 Å². The Balaban J connectivity index is 2.34. The Morgan fingerprint density at radius 3 is 1.19 bits per heavy atom. The number of hydrogen-bond donors (Lipinski definition) is 6. The lowest BCUT2D eigenvalue weighted by Gasteiger charge is -2.41. The Hall–Kier alpha value is -1.93. The SMILES string of the molecule is CCCCCC/C=C\C/C=C\CCCCCCCCCC(=O)OC(COC(=O)CCCCCCCCCCCCC/C=C\CCCCCCCCCC)COP(=O)(O)OC1C(O)C(O)C(O)C(O)C1O. The van der Waals surface area contributed by atoms with Crippen molar-refractivity contribution in [2.45, 2.75) is 294 Å². The van der Waals surface area contributed by atoms with E-state index in [-0.39, 0.29) is 12.8 Å². The summed E-state index contributed by atoms with van der Waals surface area (Å²) in [5, 5.41) is 50.4. The summed E-state index contributed by atoms with van der Waals surface area (Å²) in [6, 6.07) is 0. The van der Waals surface area contributed by atoms with Crippen molar-refractivity contribution in [3.63, 3.8) is 0 Å². The summed E-state index contributed by atoms with van der Waals surface area (Å²) in [4.78, 5) is 35.9. The molecule has 13 nitrogen and oxygen atoms in total. The van der Waals surface area contributed by atoms with E-state index in [9.17, 15) is 44.6 Å². The van der Waals surface area contributed by atoms with Crippen LogP contribution in [0.1, 0.15) is 251 Å². The maximum atomic E-state index is 12.9. The maximum absolute atomic E-state index is 12.9. The number of phosphoric acid groups is 1. The van der Waals surface area contributed by atoms with Gasteiger partial charge in [-0.15, -0.1) is 0 Å². The van der Waals surface area contributed by atoms with E-state index >= 15 is 0 Å². The molecule has 70 heavy (non-hydrogen) atoms. The smallest absolute Gasteiger partial charge is 0.462 e. The van der Waals surface area contributed by atoms with Crippen molar-refractivity contribution in [1.82, 2.24) is 0 Å². The topological polar surface area (TPSA) is 210 Å². The Kier molecular flexibility index (Phi) is 43.1. The number of ether oxygens (including phenoxy) is 2. The standard InChI is InChI=1S/C56H103O13P/c1-3-5-7-9-11-13-15-17-19-21-23-24-25-26-27-29-30-32-34-36-38-40-42-44-49(57)66-46-48(47-67-70(64,65)69-56-54(62)52(60)51(59)53(61)55(56)63)68-50(58)45-43-41-39-37-35-33-31-28-22-20-18-16-14-12-10-8-6-4-2/h14,16,20-23,48,51-56,59-63H,3-13,15,17-19,24-47H2,1-2H3,(H,64,65)/b16-14-,22-20-,23-21-. The van der Waals surface area contributed by atoms with Crippen molar-refractivity contribution in [2.75, 3.05) is 13.2 Å². The van der Waals surface area contributed by atoms with E-state index in [1.807, 2.05) is 0 Å². The highest BCUT2D eigenvalue weighted by atomic mass is 31.2. The molecule has 1 aliphatic rings. The highest BCUT2D eigenvalue weighted by Gasteiger charge is 2.51. The lowest BCUT2D eigenvalue weighted by Crippen LogP contribution is -2.64. The van der Waals surface area contributed by atoms with E-state index in [1.54, 1.807) is 0 Å². The van der Waals surface area contributed by atoms with Crippen LogP contribution in [-0.2, 0) is 32.7 Å². The summed E-state index contributed by atoms with van der Waals surface area (Å²) in [6.07, 6.45) is 41.9. The largest absolute Gasteiger partial charge is 0.472 e. The number of carbonyl (C=O) groups excluding carboxylic acids is 2. The first-order valence-corrected chi connectivity index (χ1v) is 29.8. The minimum absolute atomic E-state index is 0.0889. The zero-order valence-corrected chi connectivity index (χ0v) is 45.0. The Morgan fingerprint density at radius 1 is 0.443 bits per heavy atom. The quantitative estimate of drug-likeness (QED) is 0.0145. The first-order valence-electron chi connectivity index (χ1n) is 28.3. The van der Waals surface area contributed by atoms with E-state index in [1.165, 1.54) is 141 Å². The molecule has 6 N–H and O–H groups in total. The average Bonchev–Trinajstić information content (AvgIpc) is 3.34. The van der Waals surface area contributed by atoms with E-state index < -0.39 is 75.7 Å². The highest BCUT2D eigenvalue weighted by Crippen LogP contribution is 2.47. The molecule has 0 aliphatic heterocycles. The Labute approximate surface area is 425 Å². The molecule has 1 rings (SSSR count). The minimum Gasteiger partial charge on any atom is -0.462 e. The van der Waals surface area contributed by atoms with E-state index in [2.05, 4.69) is 50.3 Å². The van der Waals surface area contributed by atoms with Gasteiger partial charge in [0.15, 0.2) is 6.10 Å². The lowest BCUT2D eigenvalue weighted by atomic mass is 9.85. The molecule has 1 fully saturated rings. The Bertz CT molecular complexity index is 1360. The third-order valence-electron chi connectivity index (χ3n) is 13.2. The van der Waals surface area contributed by atoms with Gasteiger partial charge in [-0.25, -0.2) is 4.57 Å². The van der Waals surface area contributed by atoms with Crippen molar-refractivity contribution in [2.24, 2.45) is 0 Å². The van der Waals surface area contributed by atoms with Crippen LogP contribution in [0, 0.1) is 0 Å². The number of allylic oxidation sites excluding steroid dienone is 6. The predicted octanol–water partition coefficient (Wildman–Crippen LogP) is 12.9. The van der Waals surface area contributed by atoms with Gasteiger partial charge in [-0.05, 0) is 70.6 Å². The van der Waals surface area contributed by atoms with Crippen LogP contribution in [0.3, 0.4) is 0 Å². The molecule has 0 saturated heterocycles. The van der Waals surface area contributed by atoms with E-state index in [0.717, 1.165) is 70.6 Å². The predicted molar refractivity (Wildman–Crippen MR) is 281 cm³/mol. The van der Waals surface area contributed by atoms with Crippen molar-refractivity contribution in [1.29, 1.82) is 0 Å². The van der Waals surface area contributed by atoms with Crippen LogP contribution in [0.25, 0.3) is 0 Å². The van der Waals surface area contributed by atoms with Crippen LogP contribution in [0.4, 0.5) is 0 Å². The van der Waals surface area contributed by atoms with Crippen molar-refractivity contribution in [3.05, 3.63) is 36.5 Å². The Morgan fingerprint density at radius 2 is 0.771 bits per heavy atom. The van der Waals surface area contributed by atoms with Crippen LogP contribution >= 0.6 is 7.82 Å².